The zero-order chi connectivity index (χ0) is 14.4. The van der Waals surface area contributed by atoms with Crippen LogP contribution in [-0.2, 0) is 11.3 Å². The summed E-state index contributed by atoms with van der Waals surface area (Å²) in [6.45, 7) is 3.02. The number of likely N-dealkylation sites (N-methyl/N-ethyl adjacent to an activating group) is 1. The van der Waals surface area contributed by atoms with Gasteiger partial charge in [-0.1, -0.05) is 0 Å². The molecule has 1 atom stereocenters. The third kappa shape index (κ3) is 2.50. The Kier molecular flexibility index (Phi) is 2.92. The van der Waals surface area contributed by atoms with E-state index in [0.717, 1.165) is 44.7 Å². The molecule has 7 nitrogen and oxygen atoms in total. The smallest absolute Gasteiger partial charge is 0.410 e. The van der Waals surface area contributed by atoms with E-state index in [0.29, 0.717) is 24.9 Å². The first-order valence-corrected chi connectivity index (χ1v) is 7.62. The molecule has 7 heteroatoms. The molecular weight excluding hydrogens is 272 g/mol. The number of carbonyl (C=O) groups excluding carboxylic acids is 1. The van der Waals surface area contributed by atoms with Crippen LogP contribution in [0.2, 0.25) is 0 Å². The molecule has 0 radical (unpaired) electrons. The molecule has 1 aromatic rings. The Morgan fingerprint density at radius 1 is 1.33 bits per heavy atom. The predicted molar refractivity (Wildman–Crippen MR) is 72.6 cm³/mol. The number of ether oxygens (including phenoxy) is 1. The molecule has 1 saturated carbocycles. The van der Waals surface area contributed by atoms with Gasteiger partial charge < -0.3 is 14.1 Å². The third-order valence-electron chi connectivity index (χ3n) is 4.53. The molecule has 21 heavy (non-hydrogen) atoms. The highest BCUT2D eigenvalue weighted by atomic mass is 16.6. The van der Waals surface area contributed by atoms with Crippen molar-refractivity contribution in [3.05, 3.63) is 11.8 Å². The van der Waals surface area contributed by atoms with Gasteiger partial charge in [-0.3, -0.25) is 4.90 Å². The van der Waals surface area contributed by atoms with Crippen molar-refractivity contribution in [2.24, 2.45) is 0 Å². The number of piperidine rings is 1. The van der Waals surface area contributed by atoms with Crippen molar-refractivity contribution in [1.29, 1.82) is 0 Å². The summed E-state index contributed by atoms with van der Waals surface area (Å²) in [6.07, 6.45) is 4.06. The zero-order valence-corrected chi connectivity index (χ0v) is 12.2. The lowest BCUT2D eigenvalue weighted by atomic mass is 9.93. The highest BCUT2D eigenvalue weighted by Gasteiger charge is 2.46. The lowest BCUT2D eigenvalue weighted by Gasteiger charge is -2.37. The number of likely N-dealkylation sites (tertiary alicyclic amines) is 1. The summed E-state index contributed by atoms with van der Waals surface area (Å²) < 4.78 is 11.3. The molecule has 1 amide bonds. The maximum absolute atomic E-state index is 11.6. The Balaban J connectivity index is 1.42. The summed E-state index contributed by atoms with van der Waals surface area (Å²) >= 11 is 0. The minimum atomic E-state index is -0.358. The Labute approximate surface area is 123 Å². The molecule has 0 bridgehead atoms. The largest absolute Gasteiger partial charge is 0.440 e. The van der Waals surface area contributed by atoms with Gasteiger partial charge in [0.2, 0.25) is 11.8 Å². The molecule has 1 spiro atoms. The lowest BCUT2D eigenvalue weighted by Crippen LogP contribution is -2.50. The van der Waals surface area contributed by atoms with Crippen LogP contribution < -0.4 is 0 Å². The Hall–Kier alpha value is -1.63. The van der Waals surface area contributed by atoms with Crippen molar-refractivity contribution in [2.75, 3.05) is 26.7 Å². The summed E-state index contributed by atoms with van der Waals surface area (Å²) in [5, 5.41) is 8.26. The summed E-state index contributed by atoms with van der Waals surface area (Å²) in [7, 11) is 1.79. The van der Waals surface area contributed by atoms with Gasteiger partial charge in [-0.25, -0.2) is 4.79 Å². The maximum atomic E-state index is 11.6. The van der Waals surface area contributed by atoms with Crippen LogP contribution in [0.4, 0.5) is 4.79 Å². The van der Waals surface area contributed by atoms with Crippen LogP contribution in [0.3, 0.4) is 0 Å². The summed E-state index contributed by atoms with van der Waals surface area (Å²) in [5.41, 5.74) is -0.358. The van der Waals surface area contributed by atoms with E-state index in [1.54, 1.807) is 11.9 Å². The van der Waals surface area contributed by atoms with Crippen LogP contribution in [0, 0.1) is 0 Å². The fraction of sp³-hybridized carbons (Fsp3) is 0.786. The van der Waals surface area contributed by atoms with Crippen molar-refractivity contribution in [2.45, 2.75) is 43.7 Å². The van der Waals surface area contributed by atoms with Crippen LogP contribution in [0.15, 0.2) is 4.42 Å². The lowest BCUT2D eigenvalue weighted by molar-refractivity contribution is -0.0135. The van der Waals surface area contributed by atoms with E-state index in [9.17, 15) is 4.79 Å². The average Bonchev–Trinajstić information content (AvgIpc) is 3.13. The Morgan fingerprint density at radius 3 is 2.90 bits per heavy atom. The van der Waals surface area contributed by atoms with E-state index < -0.39 is 0 Å². The van der Waals surface area contributed by atoms with E-state index in [4.69, 9.17) is 9.15 Å². The Bertz CT molecular complexity index is 556. The highest BCUT2D eigenvalue weighted by molar-refractivity contribution is 5.70. The molecular formula is C14H20N4O3. The number of hydrogen-bond acceptors (Lipinski definition) is 6. The quantitative estimate of drug-likeness (QED) is 0.837. The van der Waals surface area contributed by atoms with Gasteiger partial charge in [0, 0.05) is 19.5 Å². The molecule has 1 aromatic heterocycles. The zero-order valence-electron chi connectivity index (χ0n) is 12.2. The molecule has 2 saturated heterocycles. The van der Waals surface area contributed by atoms with Gasteiger partial charge >= 0.3 is 6.09 Å². The normalized spacial score (nSPS) is 30.1. The molecule has 0 N–H and O–H groups in total. The van der Waals surface area contributed by atoms with E-state index in [1.807, 2.05) is 0 Å². The van der Waals surface area contributed by atoms with Gasteiger partial charge in [0.05, 0.1) is 13.1 Å². The number of nitrogens with zero attached hydrogens (tertiary/aromatic N) is 4. The van der Waals surface area contributed by atoms with Crippen LogP contribution in [0.1, 0.15) is 43.4 Å². The van der Waals surface area contributed by atoms with Gasteiger partial charge in [0.25, 0.3) is 0 Å². The van der Waals surface area contributed by atoms with Gasteiger partial charge in [-0.2, -0.15) is 0 Å². The first kappa shape index (κ1) is 13.1. The fourth-order valence-corrected chi connectivity index (χ4v) is 3.35. The number of hydrogen-bond donors (Lipinski definition) is 0. The van der Waals surface area contributed by atoms with Crippen molar-refractivity contribution in [3.8, 4) is 0 Å². The topological polar surface area (TPSA) is 71.7 Å². The number of carbonyl (C=O) groups is 1. The average molecular weight is 292 g/mol. The van der Waals surface area contributed by atoms with Crippen molar-refractivity contribution in [1.82, 2.24) is 20.0 Å². The first-order valence-electron chi connectivity index (χ1n) is 7.62. The van der Waals surface area contributed by atoms with E-state index in [2.05, 4.69) is 15.1 Å². The van der Waals surface area contributed by atoms with E-state index in [-0.39, 0.29) is 11.7 Å². The van der Waals surface area contributed by atoms with Crippen molar-refractivity contribution in [3.63, 3.8) is 0 Å². The van der Waals surface area contributed by atoms with Gasteiger partial charge in [0.15, 0.2) is 0 Å². The maximum Gasteiger partial charge on any atom is 0.410 e. The number of aromatic nitrogens is 2. The van der Waals surface area contributed by atoms with Gasteiger partial charge in [-0.15, -0.1) is 10.2 Å². The minimum Gasteiger partial charge on any atom is -0.440 e. The molecule has 114 valence electrons. The molecule has 3 heterocycles. The monoisotopic (exact) mass is 292 g/mol. The second kappa shape index (κ2) is 4.69. The summed E-state index contributed by atoms with van der Waals surface area (Å²) in [5.74, 6) is 1.94. The van der Waals surface area contributed by atoms with E-state index >= 15 is 0 Å². The molecule has 3 aliphatic rings. The summed E-state index contributed by atoms with van der Waals surface area (Å²) in [4.78, 5) is 15.5. The molecule has 4 rings (SSSR count). The highest BCUT2D eigenvalue weighted by Crippen LogP contribution is 2.39. The number of rotatable bonds is 3. The molecule has 1 aliphatic carbocycles. The second-order valence-corrected chi connectivity index (χ2v) is 6.53. The van der Waals surface area contributed by atoms with Gasteiger partial charge in [0.1, 0.15) is 5.60 Å². The van der Waals surface area contributed by atoms with E-state index in [1.165, 1.54) is 0 Å². The number of amides is 1. The Morgan fingerprint density at radius 2 is 2.19 bits per heavy atom. The van der Waals surface area contributed by atoms with Crippen LogP contribution in [0.25, 0.3) is 0 Å². The fourth-order valence-electron chi connectivity index (χ4n) is 3.35. The van der Waals surface area contributed by atoms with Crippen LogP contribution in [-0.4, -0.2) is 58.4 Å². The third-order valence-corrected chi connectivity index (χ3v) is 4.53. The SMILES string of the molecule is CN1C[C@@]2(CCCN(Cc3nnc(C4CC4)o3)C2)OC1=O. The summed E-state index contributed by atoms with van der Waals surface area (Å²) in [6, 6.07) is 0. The molecule has 2 aliphatic heterocycles. The predicted octanol–water partition coefficient (Wildman–Crippen LogP) is 1.36. The molecule has 0 unspecified atom stereocenters. The van der Waals surface area contributed by atoms with Gasteiger partial charge in [-0.05, 0) is 32.2 Å². The first-order chi connectivity index (χ1) is 10.1. The second-order valence-electron chi connectivity index (χ2n) is 6.53. The molecule has 3 fully saturated rings. The van der Waals surface area contributed by atoms with Crippen molar-refractivity contribution < 1.29 is 13.9 Å². The van der Waals surface area contributed by atoms with Crippen LogP contribution >= 0.6 is 0 Å². The minimum absolute atomic E-state index is 0.217. The standard InChI is InChI=1S/C14H20N4O3/c1-17-8-14(21-13(17)19)5-2-6-18(9-14)7-11-15-16-12(20-11)10-3-4-10/h10H,2-9H2,1H3/t14-/m1/s1. The molecule has 0 aromatic carbocycles. The van der Waals surface area contributed by atoms with Crippen molar-refractivity contribution >= 4 is 6.09 Å². The van der Waals surface area contributed by atoms with Crippen LogP contribution in [0.5, 0.6) is 0 Å².